The van der Waals surface area contributed by atoms with E-state index < -0.39 is 63.4 Å². The highest BCUT2D eigenvalue weighted by Gasteiger charge is 2.39. The first kappa shape index (κ1) is 34.0. The number of amides is 2. The van der Waals surface area contributed by atoms with Crippen molar-refractivity contribution in [1.29, 1.82) is 0 Å². The Morgan fingerprint density at radius 3 is 2.35 bits per heavy atom. The fraction of sp³-hybridized carbons (Fsp3) is 0.400. The molecule has 2 fully saturated rings. The maximum absolute atomic E-state index is 14.1. The van der Waals surface area contributed by atoms with Crippen LogP contribution in [0.5, 0.6) is 0 Å². The summed E-state index contributed by atoms with van der Waals surface area (Å²) in [7, 11) is -3.94. The molecule has 0 bridgehead atoms. The van der Waals surface area contributed by atoms with Crippen LogP contribution in [0.2, 0.25) is 0 Å². The number of halogens is 6. The average Bonchev–Trinajstić information content (AvgIpc) is 3.80. The number of nitrogens with one attached hydrogen (secondary N) is 2. The van der Waals surface area contributed by atoms with Gasteiger partial charge >= 0.3 is 22.6 Å². The summed E-state index contributed by atoms with van der Waals surface area (Å²) in [5, 5.41) is 7.56. The lowest BCUT2D eigenvalue weighted by Crippen LogP contribution is -2.47. The van der Waals surface area contributed by atoms with Crippen LogP contribution in [0.15, 0.2) is 52.5 Å². The smallest absolute Gasteiger partial charge is 0.351 e. The number of H-pyrrole nitrogens is 1. The molecule has 10 nitrogen and oxygen atoms in total. The SMILES string of the molecule is O=C1N=C(N2CCC(C(=O)NS(=O)(=O)N3CCCC3)CC2)SC1=C(Cc1ccc(C(F)(F)F)cc1C(F)(F)F)c1ccc2[nH]ncc2c1. The second kappa shape index (κ2) is 12.9. The Hall–Kier alpha value is -3.90. The number of aromatic nitrogens is 2. The minimum atomic E-state index is -5.11. The van der Waals surface area contributed by atoms with E-state index in [1.165, 1.54) is 10.5 Å². The van der Waals surface area contributed by atoms with Crippen LogP contribution in [-0.4, -0.2) is 71.0 Å². The van der Waals surface area contributed by atoms with E-state index in [1.807, 2.05) is 0 Å². The van der Waals surface area contributed by atoms with E-state index in [0.29, 0.717) is 35.6 Å². The number of likely N-dealkylation sites (tertiary alicyclic amines) is 1. The van der Waals surface area contributed by atoms with Crippen molar-refractivity contribution < 1.29 is 44.3 Å². The molecule has 0 atom stereocenters. The van der Waals surface area contributed by atoms with Crippen molar-refractivity contribution >= 4 is 55.4 Å². The number of hydrogen-bond donors (Lipinski definition) is 2. The predicted molar refractivity (Wildman–Crippen MR) is 165 cm³/mol. The fourth-order valence-corrected chi connectivity index (χ4v) is 8.32. The maximum atomic E-state index is 14.1. The highest BCUT2D eigenvalue weighted by molar-refractivity contribution is 8.18. The Morgan fingerprint density at radius 2 is 1.69 bits per heavy atom. The second-order valence-electron chi connectivity index (χ2n) is 11.7. The van der Waals surface area contributed by atoms with Crippen molar-refractivity contribution in [2.24, 2.45) is 10.9 Å². The maximum Gasteiger partial charge on any atom is 0.416 e. The summed E-state index contributed by atoms with van der Waals surface area (Å²) in [5.74, 6) is -1.95. The summed E-state index contributed by atoms with van der Waals surface area (Å²) in [4.78, 5) is 32.0. The lowest BCUT2D eigenvalue weighted by atomic mass is 9.92. The Morgan fingerprint density at radius 1 is 0.979 bits per heavy atom. The van der Waals surface area contributed by atoms with Crippen molar-refractivity contribution in [3.8, 4) is 0 Å². The molecule has 4 heterocycles. The monoisotopic (exact) mass is 714 g/mol. The van der Waals surface area contributed by atoms with Gasteiger partial charge in [0.05, 0.1) is 27.7 Å². The van der Waals surface area contributed by atoms with Gasteiger partial charge in [0.25, 0.3) is 5.91 Å². The number of nitrogens with zero attached hydrogens (tertiary/aromatic N) is 4. The number of amidine groups is 1. The lowest BCUT2D eigenvalue weighted by molar-refractivity contribution is -0.143. The van der Waals surface area contributed by atoms with Gasteiger partial charge in [-0.2, -0.15) is 49.2 Å². The molecule has 2 N–H and O–H groups in total. The van der Waals surface area contributed by atoms with E-state index in [4.69, 9.17) is 0 Å². The van der Waals surface area contributed by atoms with Crippen molar-refractivity contribution in [3.63, 3.8) is 0 Å². The lowest BCUT2D eigenvalue weighted by Gasteiger charge is -2.32. The van der Waals surface area contributed by atoms with Gasteiger partial charge in [0, 0.05) is 37.5 Å². The summed E-state index contributed by atoms with van der Waals surface area (Å²) in [6.45, 7) is 1.19. The minimum Gasteiger partial charge on any atom is -0.351 e. The molecular weight excluding hydrogens is 686 g/mol. The van der Waals surface area contributed by atoms with Gasteiger partial charge in [0.15, 0.2) is 5.17 Å². The standard InChI is InChI=1S/C30H28F6N6O4S2/c31-29(32,33)21-5-3-19(23(15-21)30(34,35)36)14-22(18-4-6-24-20(13-18)16-37-39-24)25-27(44)38-28(47-25)41-11-7-17(8-12-41)26(43)40-48(45,46)42-9-1-2-10-42/h3-6,13,15-17H,1-2,7-12,14H2,(H,37,39)(H,40,43). The molecule has 256 valence electrons. The number of thioether (sulfide) groups is 1. The summed E-state index contributed by atoms with van der Waals surface area (Å²) in [5.41, 5.74) is -2.25. The molecule has 2 amide bonds. The van der Waals surface area contributed by atoms with Crippen LogP contribution in [0.3, 0.4) is 0 Å². The molecule has 6 rings (SSSR count). The molecule has 0 radical (unpaired) electrons. The number of aromatic amines is 1. The van der Waals surface area contributed by atoms with Gasteiger partial charge in [0.2, 0.25) is 5.91 Å². The number of fused-ring (bicyclic) bond motifs is 1. The zero-order valence-corrected chi connectivity index (χ0v) is 26.6. The zero-order chi connectivity index (χ0) is 34.4. The molecule has 0 aliphatic carbocycles. The third kappa shape index (κ3) is 7.10. The molecule has 2 saturated heterocycles. The largest absolute Gasteiger partial charge is 0.416 e. The number of hydrogen-bond acceptors (Lipinski definition) is 7. The van der Waals surface area contributed by atoms with E-state index in [0.717, 1.165) is 30.7 Å². The molecule has 0 unspecified atom stereocenters. The van der Waals surface area contributed by atoms with Crippen LogP contribution in [0.4, 0.5) is 26.3 Å². The summed E-state index contributed by atoms with van der Waals surface area (Å²) in [6, 6.07) is 6.24. The van der Waals surface area contributed by atoms with E-state index in [-0.39, 0.29) is 47.6 Å². The number of aliphatic imine (C=N–C) groups is 1. The van der Waals surface area contributed by atoms with Crippen molar-refractivity contribution in [1.82, 2.24) is 24.1 Å². The quantitative estimate of drug-likeness (QED) is 0.260. The average molecular weight is 715 g/mol. The molecule has 48 heavy (non-hydrogen) atoms. The van der Waals surface area contributed by atoms with E-state index in [2.05, 4.69) is 19.9 Å². The van der Waals surface area contributed by atoms with Crippen molar-refractivity contribution in [3.05, 3.63) is 69.8 Å². The topological polar surface area (TPSA) is 128 Å². The Bertz CT molecular complexity index is 1930. The number of benzene rings is 2. The molecule has 3 aromatic rings. The van der Waals surface area contributed by atoms with Gasteiger partial charge in [0.1, 0.15) is 0 Å². The van der Waals surface area contributed by atoms with Gasteiger partial charge in [-0.25, -0.2) is 4.72 Å². The van der Waals surface area contributed by atoms with Crippen LogP contribution in [-0.2, 0) is 38.6 Å². The van der Waals surface area contributed by atoms with Crippen LogP contribution in [0.1, 0.15) is 47.9 Å². The molecule has 3 aliphatic heterocycles. The first-order valence-electron chi connectivity index (χ1n) is 14.9. The molecule has 0 spiro atoms. The Kier molecular flexibility index (Phi) is 9.10. The van der Waals surface area contributed by atoms with Gasteiger partial charge in [-0.3, -0.25) is 14.7 Å². The number of rotatable bonds is 6. The van der Waals surface area contributed by atoms with Crippen LogP contribution in [0.25, 0.3) is 16.5 Å². The Labute approximate surface area is 274 Å². The highest BCUT2D eigenvalue weighted by Crippen LogP contribution is 2.42. The van der Waals surface area contributed by atoms with Gasteiger partial charge in [-0.05, 0) is 84.8 Å². The van der Waals surface area contributed by atoms with Crippen molar-refractivity contribution in [2.75, 3.05) is 26.2 Å². The third-order valence-electron chi connectivity index (χ3n) is 8.53. The molecular formula is C30H28F6N6O4S2. The van der Waals surface area contributed by atoms with E-state index in [9.17, 15) is 44.3 Å². The first-order valence-corrected chi connectivity index (χ1v) is 17.2. The summed E-state index contributed by atoms with van der Waals surface area (Å²) >= 11 is 0.930. The summed E-state index contributed by atoms with van der Waals surface area (Å²) < 4.78 is 111. The second-order valence-corrected chi connectivity index (χ2v) is 14.3. The molecule has 18 heteroatoms. The predicted octanol–water partition coefficient (Wildman–Crippen LogP) is 5.35. The number of allylic oxidation sites excluding steroid dienone is 1. The van der Waals surface area contributed by atoms with Gasteiger partial charge in [-0.15, -0.1) is 0 Å². The van der Waals surface area contributed by atoms with Crippen LogP contribution in [0, 0.1) is 5.92 Å². The number of carbonyl (C=O) groups is 2. The van der Waals surface area contributed by atoms with Crippen LogP contribution < -0.4 is 4.72 Å². The van der Waals surface area contributed by atoms with Gasteiger partial charge in [-0.1, -0.05) is 12.1 Å². The number of carbonyl (C=O) groups excluding carboxylic acids is 2. The first-order chi connectivity index (χ1) is 22.6. The molecule has 0 saturated carbocycles. The molecule has 2 aromatic carbocycles. The molecule has 1 aromatic heterocycles. The van der Waals surface area contributed by atoms with Gasteiger partial charge < -0.3 is 4.90 Å². The van der Waals surface area contributed by atoms with E-state index in [1.54, 1.807) is 23.1 Å². The van der Waals surface area contributed by atoms with Crippen LogP contribution >= 0.6 is 11.8 Å². The molecule has 3 aliphatic rings. The Balaban J connectivity index is 1.26. The fourth-order valence-electron chi connectivity index (χ4n) is 5.96. The van der Waals surface area contributed by atoms with E-state index >= 15 is 0 Å². The third-order valence-corrected chi connectivity index (χ3v) is 11.2. The number of piperidine rings is 1. The highest BCUT2D eigenvalue weighted by atomic mass is 32.2. The normalized spacial score (nSPS) is 19.7. The summed E-state index contributed by atoms with van der Waals surface area (Å²) in [6.07, 6.45) is -7.19. The van der Waals surface area contributed by atoms with Crippen molar-refractivity contribution in [2.45, 2.75) is 44.5 Å². The zero-order valence-electron chi connectivity index (χ0n) is 25.0. The minimum absolute atomic E-state index is 0.0115. The number of alkyl halides is 6.